The van der Waals surface area contributed by atoms with Gasteiger partial charge in [0.15, 0.2) is 0 Å². The third kappa shape index (κ3) is 6.43. The molecule has 4 nitrogen and oxygen atoms in total. The first kappa shape index (κ1) is 18.6. The first-order valence-electron chi connectivity index (χ1n) is 6.92. The number of amides is 2. The summed E-state index contributed by atoms with van der Waals surface area (Å²) in [6.07, 6.45) is 1.58. The molecule has 1 atom stereocenters. The zero-order valence-corrected chi connectivity index (χ0v) is 12.3. The molecule has 0 aromatic heterocycles. The molecular weight excluding hydrogens is 309 g/mol. The van der Waals surface area contributed by atoms with E-state index in [1.165, 1.54) is 12.1 Å². The van der Waals surface area contributed by atoms with Crippen molar-refractivity contribution in [3.05, 3.63) is 35.4 Å². The molecule has 0 unspecified atom stereocenters. The maximum absolute atomic E-state index is 12.6. The summed E-state index contributed by atoms with van der Waals surface area (Å²) in [7, 11) is 0. The molecule has 23 heavy (non-hydrogen) atoms. The van der Waals surface area contributed by atoms with Gasteiger partial charge in [-0.3, -0.25) is 9.59 Å². The number of primary amides is 1. The van der Waals surface area contributed by atoms with Gasteiger partial charge in [0, 0.05) is 6.42 Å². The minimum absolute atomic E-state index is 0.198. The number of halogens is 3. The molecule has 3 N–H and O–H groups in total. The first-order chi connectivity index (χ1) is 10.7. The lowest BCUT2D eigenvalue weighted by Crippen LogP contribution is -2.44. The van der Waals surface area contributed by atoms with E-state index in [0.29, 0.717) is 12.8 Å². The van der Waals surface area contributed by atoms with Gasteiger partial charge in [0.25, 0.3) is 0 Å². The molecule has 1 aromatic rings. The molecule has 1 rings (SSSR count). The summed E-state index contributed by atoms with van der Waals surface area (Å²) in [5, 5.41) is 2.42. The molecule has 124 valence electrons. The number of terminal acetylenes is 1. The number of carbonyl (C=O) groups excluding carboxylic acids is 2. The lowest BCUT2D eigenvalue weighted by molar-refractivity contribution is -0.137. The molecule has 2 amide bonds. The predicted molar refractivity (Wildman–Crippen MR) is 79.0 cm³/mol. The first-order valence-corrected chi connectivity index (χ1v) is 6.92. The van der Waals surface area contributed by atoms with E-state index in [1.807, 2.05) is 0 Å². The van der Waals surface area contributed by atoms with Crippen molar-refractivity contribution in [3.8, 4) is 12.3 Å². The van der Waals surface area contributed by atoms with Gasteiger partial charge in [0.1, 0.15) is 6.04 Å². The van der Waals surface area contributed by atoms with E-state index >= 15 is 0 Å². The van der Waals surface area contributed by atoms with Crippen LogP contribution < -0.4 is 11.1 Å². The second kappa shape index (κ2) is 8.22. The molecule has 0 aliphatic carbocycles. The Morgan fingerprint density at radius 1 is 1.35 bits per heavy atom. The molecule has 0 heterocycles. The molecule has 0 saturated carbocycles. The molecule has 0 radical (unpaired) electrons. The van der Waals surface area contributed by atoms with E-state index in [9.17, 15) is 22.8 Å². The molecule has 0 fully saturated rings. The van der Waals surface area contributed by atoms with Crippen molar-refractivity contribution in [2.75, 3.05) is 0 Å². The fourth-order valence-corrected chi connectivity index (χ4v) is 1.98. The SMILES string of the molecule is C#CCCC[C@@H](NC(=O)Cc1cccc(C(F)(F)F)c1)C(N)=O. The van der Waals surface area contributed by atoms with Gasteiger partial charge in [-0.15, -0.1) is 12.3 Å². The van der Waals surface area contributed by atoms with Crippen molar-refractivity contribution in [3.63, 3.8) is 0 Å². The summed E-state index contributed by atoms with van der Waals surface area (Å²) in [4.78, 5) is 23.2. The minimum Gasteiger partial charge on any atom is -0.368 e. The molecule has 0 bridgehead atoms. The van der Waals surface area contributed by atoms with E-state index in [1.54, 1.807) is 0 Å². The van der Waals surface area contributed by atoms with Crippen LogP contribution in [0.15, 0.2) is 24.3 Å². The van der Waals surface area contributed by atoms with E-state index in [-0.39, 0.29) is 18.4 Å². The Bertz CT molecular complexity index is 606. The van der Waals surface area contributed by atoms with Crippen LogP contribution in [0, 0.1) is 12.3 Å². The van der Waals surface area contributed by atoms with E-state index in [0.717, 1.165) is 12.1 Å². The van der Waals surface area contributed by atoms with Crippen molar-refractivity contribution in [1.29, 1.82) is 0 Å². The van der Waals surface area contributed by atoms with Crippen LogP contribution in [0.5, 0.6) is 0 Å². The van der Waals surface area contributed by atoms with Gasteiger partial charge >= 0.3 is 6.18 Å². The highest BCUT2D eigenvalue weighted by atomic mass is 19.4. The van der Waals surface area contributed by atoms with Crippen molar-refractivity contribution in [1.82, 2.24) is 5.32 Å². The monoisotopic (exact) mass is 326 g/mol. The van der Waals surface area contributed by atoms with Gasteiger partial charge in [-0.1, -0.05) is 18.2 Å². The normalized spacial score (nSPS) is 12.3. The fourth-order valence-electron chi connectivity index (χ4n) is 1.98. The third-order valence-corrected chi connectivity index (χ3v) is 3.11. The lowest BCUT2D eigenvalue weighted by Gasteiger charge is -2.15. The van der Waals surface area contributed by atoms with Crippen LogP contribution in [0.1, 0.15) is 30.4 Å². The summed E-state index contributed by atoms with van der Waals surface area (Å²) in [6, 6.07) is 3.57. The number of carbonyl (C=O) groups is 2. The number of hydrogen-bond donors (Lipinski definition) is 2. The van der Waals surface area contributed by atoms with Gasteiger partial charge in [-0.05, 0) is 24.5 Å². The molecule has 0 aliphatic heterocycles. The smallest absolute Gasteiger partial charge is 0.368 e. The molecule has 7 heteroatoms. The Labute approximate surface area is 132 Å². The van der Waals surface area contributed by atoms with Crippen molar-refractivity contribution in [2.45, 2.75) is 37.9 Å². The van der Waals surface area contributed by atoms with Gasteiger partial charge in [-0.25, -0.2) is 0 Å². The molecule has 0 aliphatic rings. The van der Waals surface area contributed by atoms with Crippen LogP contribution >= 0.6 is 0 Å². The summed E-state index contributed by atoms with van der Waals surface area (Å²) in [5.74, 6) is 1.12. The average Bonchev–Trinajstić information content (AvgIpc) is 2.45. The highest BCUT2D eigenvalue weighted by molar-refractivity contribution is 5.87. The van der Waals surface area contributed by atoms with Gasteiger partial charge in [-0.2, -0.15) is 13.2 Å². The Hall–Kier alpha value is -2.49. The lowest BCUT2D eigenvalue weighted by atomic mass is 10.1. The maximum Gasteiger partial charge on any atom is 0.416 e. The Kier molecular flexibility index (Phi) is 6.64. The number of benzene rings is 1. The summed E-state index contributed by atoms with van der Waals surface area (Å²) in [5.41, 5.74) is 4.56. The standard InChI is InChI=1S/C16H17F3N2O2/c1-2-3-4-8-13(15(20)23)21-14(22)10-11-6-5-7-12(9-11)16(17,18)19/h1,5-7,9,13H,3-4,8,10H2,(H2,20,23)(H,21,22)/t13-/m1/s1. The minimum atomic E-state index is -4.47. The number of nitrogens with one attached hydrogen (secondary N) is 1. The highest BCUT2D eigenvalue weighted by Crippen LogP contribution is 2.29. The van der Waals surface area contributed by atoms with Crippen molar-refractivity contribution >= 4 is 11.8 Å². The number of unbranched alkanes of at least 4 members (excludes halogenated alkanes) is 1. The third-order valence-electron chi connectivity index (χ3n) is 3.11. The largest absolute Gasteiger partial charge is 0.416 e. The Morgan fingerprint density at radius 2 is 2.04 bits per heavy atom. The Balaban J connectivity index is 2.68. The quantitative estimate of drug-likeness (QED) is 0.594. The summed E-state index contributed by atoms with van der Waals surface area (Å²) < 4.78 is 37.8. The Morgan fingerprint density at radius 3 is 2.61 bits per heavy atom. The van der Waals surface area contributed by atoms with Crippen molar-refractivity contribution in [2.24, 2.45) is 5.73 Å². The van der Waals surface area contributed by atoms with E-state index < -0.39 is 29.6 Å². The van der Waals surface area contributed by atoms with Crippen LogP contribution in [0.4, 0.5) is 13.2 Å². The fraction of sp³-hybridized carbons (Fsp3) is 0.375. The van der Waals surface area contributed by atoms with Crippen LogP contribution in [0.25, 0.3) is 0 Å². The van der Waals surface area contributed by atoms with Gasteiger partial charge in [0.05, 0.1) is 12.0 Å². The van der Waals surface area contributed by atoms with Gasteiger partial charge < -0.3 is 11.1 Å². The molecule has 1 aromatic carbocycles. The van der Waals surface area contributed by atoms with Crippen LogP contribution in [-0.4, -0.2) is 17.9 Å². The molecule has 0 saturated heterocycles. The number of nitrogens with two attached hydrogens (primary N) is 1. The predicted octanol–water partition coefficient (Wildman–Crippen LogP) is 2.02. The highest BCUT2D eigenvalue weighted by Gasteiger charge is 2.30. The zero-order valence-electron chi connectivity index (χ0n) is 12.3. The van der Waals surface area contributed by atoms with Crippen molar-refractivity contribution < 1.29 is 22.8 Å². The van der Waals surface area contributed by atoms with E-state index in [4.69, 9.17) is 12.2 Å². The average molecular weight is 326 g/mol. The number of alkyl halides is 3. The zero-order chi connectivity index (χ0) is 17.5. The number of rotatable bonds is 7. The molecular formula is C16H17F3N2O2. The van der Waals surface area contributed by atoms with Crippen LogP contribution in [-0.2, 0) is 22.2 Å². The second-order valence-corrected chi connectivity index (χ2v) is 4.99. The van der Waals surface area contributed by atoms with Gasteiger partial charge in [0.2, 0.25) is 11.8 Å². The van der Waals surface area contributed by atoms with E-state index in [2.05, 4.69) is 11.2 Å². The maximum atomic E-state index is 12.6. The second-order valence-electron chi connectivity index (χ2n) is 4.99. The summed E-state index contributed by atoms with van der Waals surface area (Å²) >= 11 is 0. The number of hydrogen-bond acceptors (Lipinski definition) is 2. The van der Waals surface area contributed by atoms with Crippen LogP contribution in [0.3, 0.4) is 0 Å². The van der Waals surface area contributed by atoms with Crippen LogP contribution in [0.2, 0.25) is 0 Å². The topological polar surface area (TPSA) is 72.2 Å². The molecule has 0 spiro atoms. The summed E-state index contributed by atoms with van der Waals surface area (Å²) in [6.45, 7) is 0.